The van der Waals surface area contributed by atoms with Gasteiger partial charge >= 0.3 is 0 Å². The molecule has 0 aliphatic rings. The van der Waals surface area contributed by atoms with E-state index in [2.05, 4.69) is 38.1 Å². The van der Waals surface area contributed by atoms with Crippen LogP contribution in [0.15, 0.2) is 24.3 Å². The monoisotopic (exact) mass is 306 g/mol. The lowest BCUT2D eigenvalue weighted by Crippen LogP contribution is -2.02. The van der Waals surface area contributed by atoms with E-state index in [-0.39, 0.29) is 0 Å². The van der Waals surface area contributed by atoms with Crippen molar-refractivity contribution in [2.75, 3.05) is 20.3 Å². The number of ether oxygens (including phenoxy) is 2. The Hall–Kier alpha value is -0.860. The van der Waals surface area contributed by atoms with E-state index in [9.17, 15) is 0 Å². The van der Waals surface area contributed by atoms with Crippen LogP contribution in [0.2, 0.25) is 0 Å². The van der Waals surface area contributed by atoms with Gasteiger partial charge in [0.2, 0.25) is 0 Å². The Labute approximate surface area is 137 Å². The summed E-state index contributed by atoms with van der Waals surface area (Å²) in [7, 11) is 1.70. The van der Waals surface area contributed by atoms with Gasteiger partial charge in [-0.15, -0.1) is 0 Å². The highest BCUT2D eigenvalue weighted by Gasteiger charge is 2.05. The summed E-state index contributed by atoms with van der Waals surface area (Å²) in [5.74, 6) is 0.662. The van der Waals surface area contributed by atoms with E-state index in [1.54, 1.807) is 7.11 Å². The molecule has 1 aromatic rings. The van der Waals surface area contributed by atoms with Crippen molar-refractivity contribution in [1.82, 2.24) is 0 Å². The number of unbranched alkanes of at least 4 members (excludes halogenated alkanes) is 5. The third-order valence-corrected chi connectivity index (χ3v) is 4.24. The van der Waals surface area contributed by atoms with Gasteiger partial charge in [-0.2, -0.15) is 0 Å². The van der Waals surface area contributed by atoms with Crippen LogP contribution in [-0.4, -0.2) is 20.3 Å². The molecule has 0 aromatic heterocycles. The molecule has 1 unspecified atom stereocenters. The third kappa shape index (κ3) is 8.55. The topological polar surface area (TPSA) is 18.5 Å². The summed E-state index contributed by atoms with van der Waals surface area (Å²) in [6, 6.07) is 8.91. The first-order valence-electron chi connectivity index (χ1n) is 8.93. The first-order chi connectivity index (χ1) is 10.8. The minimum atomic E-state index is 0.659. The molecule has 1 aromatic carbocycles. The smallest absolute Gasteiger partial charge is 0.0718 e. The van der Waals surface area contributed by atoms with Crippen LogP contribution in [0.4, 0.5) is 0 Å². The number of hydrogen-bond acceptors (Lipinski definition) is 2. The van der Waals surface area contributed by atoms with Gasteiger partial charge in [0.05, 0.1) is 19.8 Å². The lowest BCUT2D eigenvalue weighted by atomic mass is 9.94. The zero-order valence-electron chi connectivity index (χ0n) is 14.8. The molecule has 0 bridgehead atoms. The van der Waals surface area contributed by atoms with Crippen LogP contribution in [0, 0.1) is 0 Å². The van der Waals surface area contributed by atoms with Crippen molar-refractivity contribution in [1.29, 1.82) is 0 Å². The Morgan fingerprint density at radius 3 is 2.27 bits per heavy atom. The highest BCUT2D eigenvalue weighted by Crippen LogP contribution is 2.22. The van der Waals surface area contributed by atoms with Crippen molar-refractivity contribution >= 4 is 0 Å². The molecule has 2 heteroatoms. The van der Waals surface area contributed by atoms with E-state index >= 15 is 0 Å². The van der Waals surface area contributed by atoms with Gasteiger partial charge in [-0.05, 0) is 23.5 Å². The van der Waals surface area contributed by atoms with Gasteiger partial charge < -0.3 is 9.47 Å². The average molecular weight is 306 g/mol. The Balaban J connectivity index is 2.21. The fourth-order valence-corrected chi connectivity index (χ4v) is 2.67. The summed E-state index contributed by atoms with van der Waals surface area (Å²) < 4.78 is 10.5. The number of benzene rings is 1. The van der Waals surface area contributed by atoms with Crippen molar-refractivity contribution in [2.24, 2.45) is 0 Å². The lowest BCUT2D eigenvalue weighted by molar-refractivity contribution is 0.0616. The molecule has 126 valence electrons. The van der Waals surface area contributed by atoms with Gasteiger partial charge in [0.15, 0.2) is 0 Å². The molecule has 1 rings (SSSR count). The second-order valence-corrected chi connectivity index (χ2v) is 6.24. The quantitative estimate of drug-likeness (QED) is 0.435. The maximum atomic E-state index is 5.55. The van der Waals surface area contributed by atoms with Gasteiger partial charge in [-0.3, -0.25) is 0 Å². The number of methoxy groups -OCH3 is 1. The molecule has 1 atom stereocenters. The lowest BCUT2D eigenvalue weighted by Gasteiger charge is -2.12. The van der Waals surface area contributed by atoms with Crippen LogP contribution in [0.5, 0.6) is 0 Å². The predicted octanol–water partition coefficient (Wildman–Crippen LogP) is 5.70. The van der Waals surface area contributed by atoms with Gasteiger partial charge in [0, 0.05) is 7.11 Å². The van der Waals surface area contributed by atoms with Crippen LogP contribution in [0.25, 0.3) is 0 Å². The Bertz CT molecular complexity index is 358. The van der Waals surface area contributed by atoms with Crippen molar-refractivity contribution < 1.29 is 9.47 Å². The van der Waals surface area contributed by atoms with Crippen LogP contribution < -0.4 is 0 Å². The standard InChI is InChI=1S/C20H34O2/c1-4-5-6-7-8-9-10-18(2)20-13-11-19(12-14-20)17-22-16-15-21-3/h11-14,18H,4-10,15-17H2,1-3H3. The molecule has 0 heterocycles. The molecule has 0 radical (unpaired) electrons. The van der Waals surface area contributed by atoms with Crippen molar-refractivity contribution in [2.45, 2.75) is 71.3 Å². The molecule has 0 aliphatic carbocycles. The minimum absolute atomic E-state index is 0.659. The maximum absolute atomic E-state index is 5.55. The van der Waals surface area contributed by atoms with E-state index in [1.165, 1.54) is 56.1 Å². The fraction of sp³-hybridized carbons (Fsp3) is 0.700. The highest BCUT2D eigenvalue weighted by atomic mass is 16.5. The molecule has 0 saturated carbocycles. The second kappa shape index (κ2) is 12.7. The first-order valence-corrected chi connectivity index (χ1v) is 8.93. The van der Waals surface area contributed by atoms with Crippen molar-refractivity contribution in [3.8, 4) is 0 Å². The van der Waals surface area contributed by atoms with Crippen LogP contribution in [-0.2, 0) is 16.1 Å². The zero-order chi connectivity index (χ0) is 16.0. The first kappa shape index (κ1) is 19.2. The fourth-order valence-electron chi connectivity index (χ4n) is 2.67. The van der Waals surface area contributed by atoms with Crippen molar-refractivity contribution in [3.05, 3.63) is 35.4 Å². The molecular weight excluding hydrogens is 272 g/mol. The summed E-state index contributed by atoms with van der Waals surface area (Å²) in [6.45, 7) is 6.61. The molecule has 0 saturated heterocycles. The second-order valence-electron chi connectivity index (χ2n) is 6.24. The minimum Gasteiger partial charge on any atom is -0.382 e. The maximum Gasteiger partial charge on any atom is 0.0718 e. The predicted molar refractivity (Wildman–Crippen MR) is 94.4 cm³/mol. The average Bonchev–Trinajstić information content (AvgIpc) is 2.55. The summed E-state index contributed by atoms with van der Waals surface area (Å²) in [5.41, 5.74) is 2.70. The summed E-state index contributed by atoms with van der Waals surface area (Å²) in [5, 5.41) is 0. The molecule has 0 aliphatic heterocycles. The van der Waals surface area contributed by atoms with Crippen LogP contribution >= 0.6 is 0 Å². The Morgan fingerprint density at radius 1 is 0.909 bits per heavy atom. The molecule has 22 heavy (non-hydrogen) atoms. The van der Waals surface area contributed by atoms with Crippen LogP contribution in [0.1, 0.15) is 75.8 Å². The molecular formula is C20H34O2. The normalized spacial score (nSPS) is 12.5. The zero-order valence-corrected chi connectivity index (χ0v) is 14.8. The van der Waals surface area contributed by atoms with Crippen molar-refractivity contribution in [3.63, 3.8) is 0 Å². The molecule has 0 spiro atoms. The number of hydrogen-bond donors (Lipinski definition) is 0. The van der Waals surface area contributed by atoms with E-state index in [0.717, 1.165) is 0 Å². The molecule has 0 amide bonds. The molecule has 0 fully saturated rings. The summed E-state index contributed by atoms with van der Waals surface area (Å²) in [4.78, 5) is 0. The van der Waals surface area contributed by atoms with E-state index in [0.29, 0.717) is 25.7 Å². The molecule has 0 N–H and O–H groups in total. The highest BCUT2D eigenvalue weighted by molar-refractivity contribution is 5.24. The van der Waals surface area contributed by atoms with Gasteiger partial charge in [-0.25, -0.2) is 0 Å². The Morgan fingerprint density at radius 2 is 1.59 bits per heavy atom. The SMILES string of the molecule is CCCCCCCCC(C)c1ccc(COCCOC)cc1. The summed E-state index contributed by atoms with van der Waals surface area (Å²) >= 11 is 0. The van der Waals surface area contributed by atoms with E-state index < -0.39 is 0 Å². The van der Waals surface area contributed by atoms with E-state index in [1.807, 2.05) is 0 Å². The van der Waals surface area contributed by atoms with Gasteiger partial charge in [0.1, 0.15) is 0 Å². The van der Waals surface area contributed by atoms with Gasteiger partial charge in [0.25, 0.3) is 0 Å². The number of rotatable bonds is 13. The molecule has 2 nitrogen and oxygen atoms in total. The largest absolute Gasteiger partial charge is 0.382 e. The van der Waals surface area contributed by atoms with Gasteiger partial charge in [-0.1, -0.05) is 76.6 Å². The van der Waals surface area contributed by atoms with E-state index in [4.69, 9.17) is 9.47 Å². The summed E-state index contributed by atoms with van der Waals surface area (Å²) in [6.07, 6.45) is 9.57. The Kier molecular flexibility index (Phi) is 11.0. The third-order valence-electron chi connectivity index (χ3n) is 4.24. The van der Waals surface area contributed by atoms with Crippen LogP contribution in [0.3, 0.4) is 0 Å².